The molecule has 0 saturated carbocycles. The number of hydrogen-bond acceptors (Lipinski definition) is 9. The number of nitriles is 1. The first-order valence-electron chi connectivity index (χ1n) is 12.9. The Kier molecular flexibility index (Phi) is 7.40. The average Bonchev–Trinajstić information content (AvgIpc) is 3.61. The lowest BCUT2D eigenvalue weighted by Gasteiger charge is -2.33. The monoisotopic (exact) mass is 551 g/mol. The molecule has 9 nitrogen and oxygen atoms in total. The Labute approximate surface area is 231 Å². The van der Waals surface area contributed by atoms with Crippen molar-refractivity contribution in [3.05, 3.63) is 43.4 Å². The predicted molar refractivity (Wildman–Crippen MR) is 152 cm³/mol. The van der Waals surface area contributed by atoms with Crippen LogP contribution in [0.1, 0.15) is 60.4 Å². The first kappa shape index (κ1) is 26.5. The minimum atomic E-state index is -0.362. The maximum atomic E-state index is 12.5. The van der Waals surface area contributed by atoms with Crippen LogP contribution in [0.4, 0.5) is 5.00 Å². The maximum absolute atomic E-state index is 12.5. The fourth-order valence-corrected chi connectivity index (χ4v) is 7.79. The number of H-pyrrole nitrogens is 1. The lowest BCUT2D eigenvalue weighted by Crippen LogP contribution is -2.38. The summed E-state index contributed by atoms with van der Waals surface area (Å²) in [4.78, 5) is 30.9. The van der Waals surface area contributed by atoms with E-state index < -0.39 is 0 Å². The van der Waals surface area contributed by atoms with E-state index in [0.717, 1.165) is 54.1 Å². The van der Waals surface area contributed by atoms with Gasteiger partial charge in [-0.1, -0.05) is 6.92 Å². The molecule has 11 heteroatoms. The minimum Gasteiger partial charge on any atom is -0.460 e. The summed E-state index contributed by atoms with van der Waals surface area (Å²) in [5.74, 6) is 0. The fraction of sp³-hybridized carbons (Fsp3) is 0.519. The van der Waals surface area contributed by atoms with E-state index in [1.807, 2.05) is 32.0 Å². The van der Waals surface area contributed by atoms with Crippen LogP contribution in [0.2, 0.25) is 0 Å². The van der Waals surface area contributed by atoms with Crippen LogP contribution in [0.25, 0.3) is 11.4 Å². The van der Waals surface area contributed by atoms with E-state index in [9.17, 15) is 10.1 Å². The van der Waals surface area contributed by atoms with Crippen molar-refractivity contribution < 1.29 is 4.74 Å². The van der Waals surface area contributed by atoms with Gasteiger partial charge in [0.25, 0.3) is 11.6 Å². The molecule has 3 aromatic rings. The Morgan fingerprint density at radius 1 is 1.37 bits per heavy atom. The van der Waals surface area contributed by atoms with Gasteiger partial charge in [0.1, 0.15) is 28.6 Å². The molecular formula is C27H33N7O2S2. The molecule has 3 aromatic heterocycles. The van der Waals surface area contributed by atoms with Gasteiger partial charge in [0.05, 0.1) is 11.9 Å². The maximum Gasteiger partial charge on any atom is 0.297 e. The van der Waals surface area contributed by atoms with Crippen LogP contribution in [0.5, 0.6) is 6.01 Å². The first-order valence-corrected chi connectivity index (χ1v) is 14.5. The second-order valence-electron chi connectivity index (χ2n) is 10.6. The van der Waals surface area contributed by atoms with Crippen molar-refractivity contribution in [2.24, 2.45) is 4.99 Å². The first-order chi connectivity index (χ1) is 18.2. The van der Waals surface area contributed by atoms with Crippen LogP contribution in [-0.2, 0) is 11.8 Å². The molecule has 1 unspecified atom stereocenters. The third-order valence-corrected chi connectivity index (χ3v) is 9.78. The van der Waals surface area contributed by atoms with Crippen molar-refractivity contribution in [1.82, 2.24) is 24.1 Å². The summed E-state index contributed by atoms with van der Waals surface area (Å²) in [5.41, 5.74) is 2.20. The van der Waals surface area contributed by atoms with Crippen molar-refractivity contribution in [3.8, 4) is 23.5 Å². The zero-order chi connectivity index (χ0) is 27.0. The molecule has 2 aliphatic rings. The van der Waals surface area contributed by atoms with Gasteiger partial charge in [0.2, 0.25) is 0 Å². The predicted octanol–water partition coefficient (Wildman–Crippen LogP) is 4.55. The van der Waals surface area contributed by atoms with E-state index in [0.29, 0.717) is 23.0 Å². The molecule has 1 aliphatic carbocycles. The molecule has 1 fully saturated rings. The summed E-state index contributed by atoms with van der Waals surface area (Å²) >= 11 is 3.01. The lowest BCUT2D eigenvalue weighted by molar-refractivity contribution is 0.112. The molecule has 1 N–H and O–H groups in total. The molecule has 1 saturated heterocycles. The number of fused-ring (bicyclic) bond motifs is 1. The molecule has 0 spiro atoms. The Morgan fingerprint density at radius 2 is 2.18 bits per heavy atom. The summed E-state index contributed by atoms with van der Waals surface area (Å²) in [7, 11) is 5.93. The molecular weight excluding hydrogens is 518 g/mol. The number of rotatable bonds is 7. The number of aromatic nitrogens is 3. The highest BCUT2D eigenvalue weighted by atomic mass is 32.1. The molecule has 5 rings (SSSR count). The van der Waals surface area contributed by atoms with Gasteiger partial charge < -0.3 is 9.64 Å². The highest BCUT2D eigenvalue weighted by Crippen LogP contribution is 2.51. The van der Waals surface area contributed by atoms with Gasteiger partial charge in [-0.15, -0.1) is 11.3 Å². The number of aryl methyl sites for hydroxylation is 1. The molecule has 0 bridgehead atoms. The SMILES string of the molecule is C[C@H](Oc1nc(-c2cc(C3(C)CCCc4sc(N=CN(C)C)c(C#N)c43)sn2)cc(=O)[nH]1)[C@@H]1CCCN1C. The van der Waals surface area contributed by atoms with Crippen LogP contribution in [0, 0.1) is 11.3 Å². The van der Waals surface area contributed by atoms with Crippen molar-refractivity contribution in [3.63, 3.8) is 0 Å². The van der Waals surface area contributed by atoms with E-state index in [4.69, 9.17) is 9.11 Å². The number of likely N-dealkylation sites (N-methyl/N-ethyl adjacent to an activating group) is 1. The Morgan fingerprint density at radius 3 is 2.89 bits per heavy atom. The van der Waals surface area contributed by atoms with Crippen LogP contribution in [-0.4, -0.2) is 70.3 Å². The molecule has 0 aromatic carbocycles. The van der Waals surface area contributed by atoms with Gasteiger partial charge in [-0.3, -0.25) is 14.7 Å². The molecule has 0 radical (unpaired) electrons. The average molecular weight is 552 g/mol. The van der Waals surface area contributed by atoms with Crippen LogP contribution in [0.15, 0.2) is 21.9 Å². The van der Waals surface area contributed by atoms with Gasteiger partial charge in [0.15, 0.2) is 0 Å². The number of hydrogen-bond donors (Lipinski definition) is 1. The molecule has 1 aliphatic heterocycles. The summed E-state index contributed by atoms with van der Waals surface area (Å²) in [5, 5.41) is 10.9. The molecule has 0 amide bonds. The van der Waals surface area contributed by atoms with Crippen LogP contribution in [0.3, 0.4) is 0 Å². The zero-order valence-electron chi connectivity index (χ0n) is 22.4. The highest BCUT2D eigenvalue weighted by Gasteiger charge is 2.40. The normalized spacial score (nSPS) is 22.4. The number of ether oxygens (including phenoxy) is 1. The van der Waals surface area contributed by atoms with Gasteiger partial charge in [0, 0.05) is 41.4 Å². The van der Waals surface area contributed by atoms with Gasteiger partial charge >= 0.3 is 0 Å². The van der Waals surface area contributed by atoms with Gasteiger partial charge in [-0.05, 0) is 75.8 Å². The summed E-state index contributed by atoms with van der Waals surface area (Å²) < 4.78 is 10.8. The summed E-state index contributed by atoms with van der Waals surface area (Å²) in [6.07, 6.45) is 6.72. The van der Waals surface area contributed by atoms with Crippen molar-refractivity contribution in [1.29, 1.82) is 5.26 Å². The standard InChI is InChI=1S/C27H33N7O2S2/c1-16(20-8-7-11-34(20)5)36-26-30-18(13-23(35)31-26)19-12-22(38-32-19)27(2)10-6-9-21-24(27)17(14-28)25(37-21)29-15-33(3)4/h12-13,15-16,20H,6-11H2,1-5H3,(H,30,31,35)/t16-,20-,27?/m0/s1. The Balaban J connectivity index is 1.47. The van der Waals surface area contributed by atoms with Crippen molar-refractivity contribution in [2.45, 2.75) is 63.5 Å². The highest BCUT2D eigenvalue weighted by molar-refractivity contribution is 7.16. The molecule has 200 valence electrons. The minimum absolute atomic E-state index is 0.0983. The summed E-state index contributed by atoms with van der Waals surface area (Å²) in [6, 6.07) is 6.42. The zero-order valence-corrected chi connectivity index (χ0v) is 24.1. The second kappa shape index (κ2) is 10.6. The number of nitrogens with zero attached hydrogens (tertiary/aromatic N) is 6. The van der Waals surface area contributed by atoms with E-state index in [1.54, 1.807) is 17.7 Å². The fourth-order valence-electron chi connectivity index (χ4n) is 5.62. The van der Waals surface area contributed by atoms with Crippen molar-refractivity contribution >= 4 is 34.2 Å². The second-order valence-corrected chi connectivity index (χ2v) is 12.5. The quantitative estimate of drug-likeness (QED) is 0.339. The number of thiophene rings is 1. The van der Waals surface area contributed by atoms with Gasteiger partial charge in [-0.2, -0.15) is 14.6 Å². The summed E-state index contributed by atoms with van der Waals surface area (Å²) in [6.45, 7) is 5.26. The van der Waals surface area contributed by atoms with E-state index >= 15 is 0 Å². The largest absolute Gasteiger partial charge is 0.460 e. The molecule has 38 heavy (non-hydrogen) atoms. The Hall–Kier alpha value is -3.07. The smallest absolute Gasteiger partial charge is 0.297 e. The topological polar surface area (TPSA) is 110 Å². The van der Waals surface area contributed by atoms with E-state index in [2.05, 4.69) is 39.9 Å². The van der Waals surface area contributed by atoms with E-state index in [-0.39, 0.29) is 23.1 Å². The van der Waals surface area contributed by atoms with E-state index in [1.165, 1.54) is 22.5 Å². The number of likely N-dealkylation sites (tertiary alicyclic amines) is 1. The van der Waals surface area contributed by atoms with Crippen LogP contribution < -0.4 is 10.3 Å². The van der Waals surface area contributed by atoms with Gasteiger partial charge in [-0.25, -0.2) is 4.99 Å². The number of nitrogens with one attached hydrogen (secondary N) is 1. The third-order valence-electron chi connectivity index (χ3n) is 7.57. The number of aliphatic imine (C=N–C) groups is 1. The lowest BCUT2D eigenvalue weighted by atomic mass is 9.71. The third kappa shape index (κ3) is 5.00. The molecule has 3 atom stereocenters. The Bertz CT molecular complexity index is 1450. The molecule has 4 heterocycles. The number of aromatic amines is 1. The van der Waals surface area contributed by atoms with Crippen LogP contribution >= 0.6 is 22.9 Å². The van der Waals surface area contributed by atoms with Crippen molar-refractivity contribution in [2.75, 3.05) is 27.7 Å².